The molecule has 0 bridgehead atoms. The number of benzene rings is 2. The van der Waals surface area contributed by atoms with Gasteiger partial charge in [-0.15, -0.1) is 11.3 Å². The van der Waals surface area contributed by atoms with Gasteiger partial charge in [-0.3, -0.25) is 4.79 Å². The lowest BCUT2D eigenvalue weighted by atomic mass is 10.1. The van der Waals surface area contributed by atoms with E-state index in [-0.39, 0.29) is 18.7 Å². The number of rotatable bonds is 5. The molecule has 1 unspecified atom stereocenters. The number of fused-ring (bicyclic) bond motifs is 1. The number of aryl methyl sites for hydroxylation is 1. The van der Waals surface area contributed by atoms with Gasteiger partial charge in [0, 0.05) is 10.9 Å². The summed E-state index contributed by atoms with van der Waals surface area (Å²) in [5, 5.41) is 6.13. The summed E-state index contributed by atoms with van der Waals surface area (Å²) in [5.74, 6) is 1.45. The van der Waals surface area contributed by atoms with Crippen molar-refractivity contribution in [3.05, 3.63) is 64.0 Å². The molecule has 1 atom stereocenters. The first-order chi connectivity index (χ1) is 13.1. The summed E-state index contributed by atoms with van der Waals surface area (Å²) < 4.78 is 10.7. The van der Waals surface area contributed by atoms with Gasteiger partial charge in [0.25, 0.3) is 0 Å². The molecule has 1 aliphatic heterocycles. The van der Waals surface area contributed by atoms with E-state index >= 15 is 0 Å². The topological polar surface area (TPSA) is 60.5 Å². The lowest BCUT2D eigenvalue weighted by molar-refractivity contribution is -0.121. The summed E-state index contributed by atoms with van der Waals surface area (Å²) >= 11 is 1.63. The van der Waals surface area contributed by atoms with Gasteiger partial charge in [0.05, 0.1) is 23.2 Å². The van der Waals surface area contributed by atoms with Crippen molar-refractivity contribution in [1.82, 2.24) is 10.3 Å². The highest BCUT2D eigenvalue weighted by Gasteiger charge is 2.17. The van der Waals surface area contributed by atoms with Gasteiger partial charge in [-0.05, 0) is 37.1 Å². The van der Waals surface area contributed by atoms with Crippen molar-refractivity contribution >= 4 is 17.2 Å². The molecule has 2 aromatic carbocycles. The molecule has 4 rings (SSSR count). The minimum atomic E-state index is -0.107. The van der Waals surface area contributed by atoms with E-state index in [2.05, 4.69) is 10.3 Å². The normalized spacial score (nSPS) is 13.4. The molecule has 0 saturated heterocycles. The number of carbonyl (C=O) groups excluding carboxylic acids is 1. The zero-order valence-corrected chi connectivity index (χ0v) is 16.0. The molecule has 6 heteroatoms. The predicted molar refractivity (Wildman–Crippen MR) is 105 cm³/mol. The highest BCUT2D eigenvalue weighted by molar-refractivity contribution is 7.09. The summed E-state index contributed by atoms with van der Waals surface area (Å²) in [5.41, 5.74) is 4.00. The van der Waals surface area contributed by atoms with Gasteiger partial charge in [-0.2, -0.15) is 0 Å². The lowest BCUT2D eigenvalue weighted by Crippen LogP contribution is -2.28. The third-order valence-corrected chi connectivity index (χ3v) is 5.28. The van der Waals surface area contributed by atoms with Gasteiger partial charge in [-0.1, -0.05) is 30.3 Å². The molecule has 5 nitrogen and oxygen atoms in total. The Kier molecular flexibility index (Phi) is 4.81. The Hall–Kier alpha value is -2.86. The second-order valence-corrected chi connectivity index (χ2v) is 7.59. The van der Waals surface area contributed by atoms with Crippen molar-refractivity contribution in [2.75, 3.05) is 6.79 Å². The van der Waals surface area contributed by atoms with Crippen LogP contribution in [0.3, 0.4) is 0 Å². The third kappa shape index (κ3) is 3.95. The Labute approximate surface area is 162 Å². The molecule has 1 aliphatic rings. The molecule has 3 aromatic rings. The fourth-order valence-electron chi connectivity index (χ4n) is 3.03. The van der Waals surface area contributed by atoms with Crippen molar-refractivity contribution < 1.29 is 14.3 Å². The summed E-state index contributed by atoms with van der Waals surface area (Å²) in [4.78, 5) is 16.9. The molecule has 1 N–H and O–H groups in total. The van der Waals surface area contributed by atoms with Gasteiger partial charge in [0.2, 0.25) is 12.7 Å². The molecule has 0 radical (unpaired) electrons. The average molecular weight is 380 g/mol. The molecular weight excluding hydrogens is 360 g/mol. The maximum Gasteiger partial charge on any atom is 0.231 e. The average Bonchev–Trinajstić information content (AvgIpc) is 3.30. The first kappa shape index (κ1) is 17.5. The zero-order valence-electron chi connectivity index (χ0n) is 15.2. The Bertz CT molecular complexity index is 966. The van der Waals surface area contributed by atoms with Crippen LogP contribution in [0.1, 0.15) is 29.1 Å². The number of nitrogens with zero attached hydrogens (tertiary/aromatic N) is 1. The van der Waals surface area contributed by atoms with Crippen molar-refractivity contribution in [3.63, 3.8) is 0 Å². The molecule has 138 valence electrons. The maximum atomic E-state index is 12.4. The highest BCUT2D eigenvalue weighted by atomic mass is 32.1. The van der Waals surface area contributed by atoms with Crippen LogP contribution in [0.5, 0.6) is 11.5 Å². The highest BCUT2D eigenvalue weighted by Crippen LogP contribution is 2.34. The lowest BCUT2D eigenvalue weighted by Gasteiger charge is -2.15. The summed E-state index contributed by atoms with van der Waals surface area (Å²) in [6, 6.07) is 13.6. The van der Waals surface area contributed by atoms with E-state index in [1.807, 2.05) is 61.7 Å². The standard InChI is InChI=1S/C21H20N2O3S/c1-13(17-7-8-19-20(10-17)26-12-25-19)22-21(24)9-15-3-5-16(6-4-15)18-11-27-14(2)23-18/h3-8,10-11,13H,9,12H2,1-2H3,(H,22,24). The van der Waals surface area contributed by atoms with E-state index in [4.69, 9.17) is 9.47 Å². The van der Waals surface area contributed by atoms with Gasteiger partial charge < -0.3 is 14.8 Å². The minimum absolute atomic E-state index is 0.0163. The molecule has 2 heterocycles. The van der Waals surface area contributed by atoms with Gasteiger partial charge >= 0.3 is 0 Å². The van der Waals surface area contributed by atoms with E-state index in [1.165, 1.54) is 0 Å². The largest absolute Gasteiger partial charge is 0.454 e. The third-order valence-electron chi connectivity index (χ3n) is 4.51. The number of nitrogens with one attached hydrogen (secondary N) is 1. The first-order valence-corrected chi connectivity index (χ1v) is 9.67. The number of aromatic nitrogens is 1. The van der Waals surface area contributed by atoms with Crippen LogP contribution in [-0.4, -0.2) is 17.7 Å². The van der Waals surface area contributed by atoms with Gasteiger partial charge in [-0.25, -0.2) is 4.98 Å². The van der Waals surface area contributed by atoms with E-state index < -0.39 is 0 Å². The summed E-state index contributed by atoms with van der Waals surface area (Å²) in [7, 11) is 0. The molecule has 0 aliphatic carbocycles. The van der Waals surface area contributed by atoms with Crippen molar-refractivity contribution in [2.24, 2.45) is 0 Å². The second-order valence-electron chi connectivity index (χ2n) is 6.53. The molecule has 0 spiro atoms. The Balaban J connectivity index is 1.37. The van der Waals surface area contributed by atoms with Gasteiger partial charge in [0.15, 0.2) is 11.5 Å². The number of carbonyl (C=O) groups is 1. The summed E-state index contributed by atoms with van der Waals surface area (Å²) in [6.07, 6.45) is 0.339. The van der Waals surface area contributed by atoms with E-state index in [0.29, 0.717) is 6.42 Å². The smallest absolute Gasteiger partial charge is 0.231 e. The number of hydrogen-bond acceptors (Lipinski definition) is 5. The number of ether oxygens (including phenoxy) is 2. The van der Waals surface area contributed by atoms with Crippen LogP contribution in [0.15, 0.2) is 47.8 Å². The van der Waals surface area contributed by atoms with Crippen LogP contribution < -0.4 is 14.8 Å². The Morgan fingerprint density at radius 1 is 1.19 bits per heavy atom. The Morgan fingerprint density at radius 3 is 2.70 bits per heavy atom. The van der Waals surface area contributed by atoms with Crippen molar-refractivity contribution in [3.8, 4) is 22.8 Å². The van der Waals surface area contributed by atoms with Crippen molar-refractivity contribution in [1.29, 1.82) is 0 Å². The van der Waals surface area contributed by atoms with Crippen LogP contribution in [0.4, 0.5) is 0 Å². The van der Waals surface area contributed by atoms with E-state index in [0.717, 1.165) is 38.9 Å². The zero-order chi connectivity index (χ0) is 18.8. The summed E-state index contributed by atoms with van der Waals surface area (Å²) in [6.45, 7) is 4.20. The molecular formula is C21H20N2O3S. The molecule has 0 fully saturated rings. The molecule has 0 saturated carbocycles. The van der Waals surface area contributed by atoms with Crippen LogP contribution in [0, 0.1) is 6.92 Å². The fraction of sp³-hybridized carbons (Fsp3) is 0.238. The molecule has 27 heavy (non-hydrogen) atoms. The minimum Gasteiger partial charge on any atom is -0.454 e. The quantitative estimate of drug-likeness (QED) is 0.718. The van der Waals surface area contributed by atoms with Crippen molar-refractivity contribution in [2.45, 2.75) is 26.3 Å². The van der Waals surface area contributed by atoms with Crippen LogP contribution in [-0.2, 0) is 11.2 Å². The van der Waals surface area contributed by atoms with Crippen LogP contribution >= 0.6 is 11.3 Å². The Morgan fingerprint density at radius 2 is 1.96 bits per heavy atom. The number of hydrogen-bond donors (Lipinski definition) is 1. The number of thiazole rings is 1. The SMILES string of the molecule is Cc1nc(-c2ccc(CC(=O)NC(C)c3ccc4c(c3)OCO4)cc2)cs1. The molecule has 1 aromatic heterocycles. The number of amides is 1. The van der Waals surface area contributed by atoms with E-state index in [9.17, 15) is 4.79 Å². The maximum absolute atomic E-state index is 12.4. The second kappa shape index (κ2) is 7.40. The van der Waals surface area contributed by atoms with Gasteiger partial charge in [0.1, 0.15) is 0 Å². The predicted octanol–water partition coefficient (Wildman–Crippen LogP) is 4.27. The molecule has 1 amide bonds. The van der Waals surface area contributed by atoms with Crippen LogP contribution in [0.25, 0.3) is 11.3 Å². The monoisotopic (exact) mass is 380 g/mol. The van der Waals surface area contributed by atoms with Crippen LogP contribution in [0.2, 0.25) is 0 Å². The van der Waals surface area contributed by atoms with E-state index in [1.54, 1.807) is 11.3 Å². The fourth-order valence-corrected chi connectivity index (χ4v) is 3.66. The first-order valence-electron chi connectivity index (χ1n) is 8.79.